The smallest absolute Gasteiger partial charge is 0.253 e. The summed E-state index contributed by atoms with van der Waals surface area (Å²) >= 11 is 8.17. The van der Waals surface area contributed by atoms with Gasteiger partial charge >= 0.3 is 0 Å². The summed E-state index contributed by atoms with van der Waals surface area (Å²) in [6, 6.07) is 5.40. The monoisotopic (exact) mass is 379 g/mol. The number of rotatable bonds is 3. The van der Waals surface area contributed by atoms with Crippen molar-refractivity contribution >= 4 is 40.1 Å². The number of likely N-dealkylation sites (tertiary alicyclic amines) is 1. The van der Waals surface area contributed by atoms with Crippen LogP contribution in [0.25, 0.3) is 0 Å². The number of hydrogen-bond acceptors (Lipinski definition) is 2. The summed E-state index contributed by atoms with van der Waals surface area (Å²) in [6.45, 7) is 1.71. The number of nitrogens with zero attached hydrogens (tertiary/aromatic N) is 1. The summed E-state index contributed by atoms with van der Waals surface area (Å²) in [5.41, 5.74) is 0.644. The van der Waals surface area contributed by atoms with Crippen molar-refractivity contribution in [2.45, 2.75) is 12.8 Å². The first-order chi connectivity index (χ1) is 8.61. The minimum absolute atomic E-state index is 0.0359. The maximum atomic E-state index is 12.3. The van der Waals surface area contributed by atoms with E-state index in [0.29, 0.717) is 16.5 Å². The Morgan fingerprint density at radius 3 is 3.00 bits per heavy atom. The molecule has 0 aliphatic carbocycles. The summed E-state index contributed by atoms with van der Waals surface area (Å²) in [7, 11) is 0. The average molecular weight is 380 g/mol. The molecule has 0 radical (unpaired) electrons. The Bertz CT molecular complexity index is 453. The molecule has 0 aromatic heterocycles. The third-order valence-corrected chi connectivity index (χ3v) is 4.85. The van der Waals surface area contributed by atoms with E-state index >= 15 is 0 Å². The standard InChI is InChI=1S/C13H15ClINO2/c14-11-7-10(1-2-12(11)15)13(18)16-5-3-9(8-16)4-6-17/h1-2,7,9,17H,3-6,8H2. The first-order valence-corrected chi connectivity index (χ1v) is 7.42. The molecule has 3 nitrogen and oxygen atoms in total. The second-order valence-electron chi connectivity index (χ2n) is 4.55. The van der Waals surface area contributed by atoms with Crippen molar-refractivity contribution in [3.8, 4) is 0 Å². The topological polar surface area (TPSA) is 40.5 Å². The van der Waals surface area contributed by atoms with E-state index < -0.39 is 0 Å². The van der Waals surface area contributed by atoms with E-state index in [9.17, 15) is 4.79 Å². The lowest BCUT2D eigenvalue weighted by Crippen LogP contribution is -2.28. The highest BCUT2D eigenvalue weighted by Crippen LogP contribution is 2.24. The number of benzene rings is 1. The molecule has 1 saturated heterocycles. The van der Waals surface area contributed by atoms with Gasteiger partial charge in [0.25, 0.3) is 5.91 Å². The Hall–Kier alpha value is -0.330. The second kappa shape index (κ2) is 6.21. The van der Waals surface area contributed by atoms with Crippen molar-refractivity contribution < 1.29 is 9.90 Å². The second-order valence-corrected chi connectivity index (χ2v) is 6.12. The van der Waals surface area contributed by atoms with E-state index in [1.807, 2.05) is 17.0 Å². The summed E-state index contributed by atoms with van der Waals surface area (Å²) < 4.78 is 0.949. The van der Waals surface area contributed by atoms with Gasteiger partial charge in [0.15, 0.2) is 0 Å². The van der Waals surface area contributed by atoms with E-state index in [2.05, 4.69) is 22.6 Å². The molecule has 0 spiro atoms. The highest BCUT2D eigenvalue weighted by atomic mass is 127. The van der Waals surface area contributed by atoms with Crippen molar-refractivity contribution in [2.75, 3.05) is 19.7 Å². The fraction of sp³-hybridized carbons (Fsp3) is 0.462. The molecule has 0 saturated carbocycles. The van der Waals surface area contributed by atoms with Gasteiger partial charge in [-0.05, 0) is 59.5 Å². The number of amides is 1. The van der Waals surface area contributed by atoms with E-state index in [0.717, 1.165) is 29.5 Å². The molecule has 18 heavy (non-hydrogen) atoms. The molecule has 1 heterocycles. The van der Waals surface area contributed by atoms with Gasteiger partial charge in [0.05, 0.1) is 5.02 Å². The molecule has 1 aliphatic rings. The molecule has 1 aliphatic heterocycles. The average Bonchev–Trinajstić information content (AvgIpc) is 2.81. The van der Waals surface area contributed by atoms with Crippen molar-refractivity contribution in [3.63, 3.8) is 0 Å². The van der Waals surface area contributed by atoms with Gasteiger partial charge < -0.3 is 10.0 Å². The number of halogens is 2. The first-order valence-electron chi connectivity index (χ1n) is 5.97. The van der Waals surface area contributed by atoms with E-state index in [1.54, 1.807) is 6.07 Å². The van der Waals surface area contributed by atoms with E-state index in [4.69, 9.17) is 16.7 Å². The lowest BCUT2D eigenvalue weighted by atomic mass is 10.1. The fourth-order valence-corrected chi connectivity index (χ4v) is 2.76. The third kappa shape index (κ3) is 3.16. The summed E-state index contributed by atoms with van der Waals surface area (Å²) in [4.78, 5) is 14.1. The predicted octanol–water partition coefficient (Wildman–Crippen LogP) is 2.79. The van der Waals surface area contributed by atoms with Crippen LogP contribution >= 0.6 is 34.2 Å². The van der Waals surface area contributed by atoms with Crippen molar-refractivity contribution in [2.24, 2.45) is 5.92 Å². The van der Waals surface area contributed by atoms with Crippen LogP contribution in [0, 0.1) is 9.49 Å². The molecule has 1 aromatic carbocycles. The Morgan fingerprint density at radius 2 is 2.33 bits per heavy atom. The van der Waals surface area contributed by atoms with Gasteiger partial charge in [-0.15, -0.1) is 0 Å². The van der Waals surface area contributed by atoms with Gasteiger partial charge in [-0.3, -0.25) is 4.79 Å². The van der Waals surface area contributed by atoms with Crippen LogP contribution in [-0.4, -0.2) is 35.6 Å². The summed E-state index contributed by atoms with van der Waals surface area (Å²) in [5.74, 6) is 0.465. The van der Waals surface area contributed by atoms with Gasteiger partial charge in [0.1, 0.15) is 0 Å². The van der Waals surface area contributed by atoms with Crippen LogP contribution in [0.1, 0.15) is 23.2 Å². The third-order valence-electron chi connectivity index (χ3n) is 3.28. The number of aliphatic hydroxyl groups is 1. The molecular weight excluding hydrogens is 365 g/mol. The normalized spacial score (nSPS) is 19.3. The summed E-state index contributed by atoms with van der Waals surface area (Å²) in [5, 5.41) is 9.53. The van der Waals surface area contributed by atoms with Gasteiger partial charge in [-0.2, -0.15) is 0 Å². The minimum atomic E-state index is 0.0359. The minimum Gasteiger partial charge on any atom is -0.396 e. The number of carbonyl (C=O) groups is 1. The molecule has 0 bridgehead atoms. The van der Waals surface area contributed by atoms with Crippen molar-refractivity contribution in [1.82, 2.24) is 4.90 Å². The molecule has 1 fully saturated rings. The SMILES string of the molecule is O=C(c1ccc(I)c(Cl)c1)N1CCC(CCO)C1. The van der Waals surface area contributed by atoms with Crippen molar-refractivity contribution in [1.29, 1.82) is 0 Å². The highest BCUT2D eigenvalue weighted by Gasteiger charge is 2.26. The van der Waals surface area contributed by atoms with Crippen LogP contribution in [0.3, 0.4) is 0 Å². The van der Waals surface area contributed by atoms with Crippen LogP contribution in [0.4, 0.5) is 0 Å². The maximum Gasteiger partial charge on any atom is 0.253 e. The van der Waals surface area contributed by atoms with Gasteiger partial charge in [-0.25, -0.2) is 0 Å². The number of aliphatic hydroxyl groups excluding tert-OH is 1. The fourth-order valence-electron chi connectivity index (χ4n) is 2.25. The lowest BCUT2D eigenvalue weighted by Gasteiger charge is -2.16. The van der Waals surface area contributed by atoms with Gasteiger partial charge in [0, 0.05) is 28.8 Å². The zero-order valence-electron chi connectivity index (χ0n) is 9.90. The van der Waals surface area contributed by atoms with Crippen molar-refractivity contribution in [3.05, 3.63) is 32.4 Å². The zero-order valence-corrected chi connectivity index (χ0v) is 12.8. The molecular formula is C13H15ClINO2. The van der Waals surface area contributed by atoms with Crippen LogP contribution in [0.5, 0.6) is 0 Å². The number of hydrogen-bond donors (Lipinski definition) is 1. The molecule has 1 amide bonds. The van der Waals surface area contributed by atoms with Crippen LogP contribution in [0.2, 0.25) is 5.02 Å². The lowest BCUT2D eigenvalue weighted by molar-refractivity contribution is 0.0784. The zero-order chi connectivity index (χ0) is 13.1. The van der Waals surface area contributed by atoms with Gasteiger partial charge in [0.2, 0.25) is 0 Å². The largest absolute Gasteiger partial charge is 0.396 e. The first kappa shape index (κ1) is 14.1. The number of carbonyl (C=O) groups excluding carboxylic acids is 1. The Morgan fingerprint density at radius 1 is 1.56 bits per heavy atom. The Kier molecular flexibility index (Phi) is 4.86. The molecule has 1 unspecified atom stereocenters. The van der Waals surface area contributed by atoms with Gasteiger partial charge in [-0.1, -0.05) is 11.6 Å². The maximum absolute atomic E-state index is 12.3. The van der Waals surface area contributed by atoms with Crippen LogP contribution in [-0.2, 0) is 0 Å². The van der Waals surface area contributed by atoms with Crippen LogP contribution in [0.15, 0.2) is 18.2 Å². The quantitative estimate of drug-likeness (QED) is 0.821. The molecule has 1 atom stereocenters. The predicted molar refractivity (Wildman–Crippen MR) is 79.9 cm³/mol. The van der Waals surface area contributed by atoms with Crippen LogP contribution < -0.4 is 0 Å². The Labute approximate surface area is 125 Å². The Balaban J connectivity index is 2.05. The highest BCUT2D eigenvalue weighted by molar-refractivity contribution is 14.1. The summed E-state index contributed by atoms with van der Waals surface area (Å²) in [6.07, 6.45) is 1.75. The molecule has 98 valence electrons. The molecule has 5 heteroatoms. The molecule has 1 aromatic rings. The van der Waals surface area contributed by atoms with E-state index in [1.165, 1.54) is 0 Å². The molecule has 2 rings (SSSR count). The van der Waals surface area contributed by atoms with E-state index in [-0.39, 0.29) is 12.5 Å². The molecule has 1 N–H and O–H groups in total.